The molecule has 0 aliphatic heterocycles. The lowest BCUT2D eigenvalue weighted by Gasteiger charge is -2.11. The summed E-state index contributed by atoms with van der Waals surface area (Å²) in [7, 11) is 0. The van der Waals surface area contributed by atoms with E-state index in [1.54, 1.807) is 42.7 Å². The van der Waals surface area contributed by atoms with Gasteiger partial charge in [0, 0.05) is 6.54 Å². The summed E-state index contributed by atoms with van der Waals surface area (Å²) in [6, 6.07) is 6.36. The Morgan fingerprint density at radius 3 is 2.87 bits per heavy atom. The van der Waals surface area contributed by atoms with Gasteiger partial charge in [0.1, 0.15) is 11.1 Å². The fourth-order valence-corrected chi connectivity index (χ4v) is 2.83. The van der Waals surface area contributed by atoms with Gasteiger partial charge in [0.15, 0.2) is 11.0 Å². The second-order valence-electron chi connectivity index (χ2n) is 4.70. The highest BCUT2D eigenvalue weighted by Gasteiger charge is 2.22. The number of allylic oxidation sites excluding steroid dienone is 1. The maximum Gasteiger partial charge on any atom is 0.319 e. The number of carbonyl (C=O) groups excluding carboxylic acids is 1. The van der Waals surface area contributed by atoms with Gasteiger partial charge in [0.2, 0.25) is 0 Å². The molecule has 2 rings (SSSR count). The number of hydrogen-bond donors (Lipinski definition) is 0. The highest BCUT2D eigenvalue weighted by molar-refractivity contribution is 8.00. The fourth-order valence-electron chi connectivity index (χ4n) is 1.98. The lowest BCUT2D eigenvalue weighted by molar-refractivity contribution is -0.142. The third-order valence-electron chi connectivity index (χ3n) is 3.04. The number of ether oxygens (including phenoxy) is 1. The molecular weight excluding hydrogens is 317 g/mol. The van der Waals surface area contributed by atoms with Gasteiger partial charge < -0.3 is 4.74 Å². The van der Waals surface area contributed by atoms with Gasteiger partial charge in [-0.05, 0) is 26.0 Å². The smallest absolute Gasteiger partial charge is 0.319 e. The third kappa shape index (κ3) is 3.98. The molecule has 2 aromatic rings. The molecule has 1 aromatic heterocycles. The second-order valence-corrected chi connectivity index (χ2v) is 6.01. The number of thioether (sulfide) groups is 1. The van der Waals surface area contributed by atoms with Crippen LogP contribution in [-0.4, -0.2) is 32.6 Å². The molecule has 23 heavy (non-hydrogen) atoms. The summed E-state index contributed by atoms with van der Waals surface area (Å²) in [5.74, 6) is -0.292. The maximum atomic E-state index is 14.0. The molecule has 0 saturated carbocycles. The summed E-state index contributed by atoms with van der Waals surface area (Å²) in [4.78, 5) is 11.8. The van der Waals surface area contributed by atoms with Gasteiger partial charge in [0.05, 0.1) is 12.2 Å². The third-order valence-corrected chi connectivity index (χ3v) is 4.10. The van der Waals surface area contributed by atoms with Crippen molar-refractivity contribution >= 4 is 17.7 Å². The summed E-state index contributed by atoms with van der Waals surface area (Å²) in [6.07, 6.45) is 1.67. The van der Waals surface area contributed by atoms with Crippen LogP contribution in [0.25, 0.3) is 11.4 Å². The Morgan fingerprint density at radius 1 is 1.48 bits per heavy atom. The molecule has 1 heterocycles. The molecule has 0 aliphatic rings. The van der Waals surface area contributed by atoms with E-state index >= 15 is 0 Å². The Labute approximate surface area is 138 Å². The lowest BCUT2D eigenvalue weighted by Crippen LogP contribution is -2.17. The number of benzene rings is 1. The Bertz CT molecular complexity index is 702. The molecule has 0 radical (unpaired) electrons. The molecular formula is C16H18FN3O2S. The summed E-state index contributed by atoms with van der Waals surface area (Å²) < 4.78 is 20.7. The number of carbonyl (C=O) groups is 1. The van der Waals surface area contributed by atoms with Crippen LogP contribution < -0.4 is 0 Å². The van der Waals surface area contributed by atoms with Crippen molar-refractivity contribution in [3.8, 4) is 11.4 Å². The number of nitrogens with zero attached hydrogens (tertiary/aromatic N) is 3. The number of esters is 1. The zero-order valence-electron chi connectivity index (χ0n) is 13.0. The van der Waals surface area contributed by atoms with E-state index in [2.05, 4.69) is 16.8 Å². The fraction of sp³-hybridized carbons (Fsp3) is 0.312. The molecule has 1 unspecified atom stereocenters. The van der Waals surface area contributed by atoms with Crippen molar-refractivity contribution in [3.63, 3.8) is 0 Å². The predicted molar refractivity (Wildman–Crippen MR) is 87.6 cm³/mol. The van der Waals surface area contributed by atoms with E-state index in [-0.39, 0.29) is 11.8 Å². The Morgan fingerprint density at radius 2 is 2.22 bits per heavy atom. The first-order valence-electron chi connectivity index (χ1n) is 7.20. The summed E-state index contributed by atoms with van der Waals surface area (Å²) in [5.41, 5.74) is 0.359. The number of aromatic nitrogens is 3. The van der Waals surface area contributed by atoms with Crippen LogP contribution in [0.3, 0.4) is 0 Å². The van der Waals surface area contributed by atoms with Gasteiger partial charge in [0.25, 0.3) is 0 Å². The van der Waals surface area contributed by atoms with E-state index in [0.717, 1.165) is 0 Å². The SMILES string of the molecule is C=CCn1c(SC(C)C(=O)OCC)nnc1-c1ccccc1F. The standard InChI is InChI=1S/C16H18FN3O2S/c1-4-10-20-14(12-8-6-7-9-13(12)17)18-19-16(20)23-11(3)15(21)22-5-2/h4,6-9,11H,1,5,10H2,2-3H3. The monoisotopic (exact) mass is 335 g/mol. The van der Waals surface area contributed by atoms with Crippen molar-refractivity contribution in [2.75, 3.05) is 6.61 Å². The predicted octanol–water partition coefficient (Wildman–Crippen LogP) is 3.31. The molecule has 0 fully saturated rings. The van der Waals surface area contributed by atoms with Gasteiger partial charge in [-0.1, -0.05) is 30.0 Å². The minimum absolute atomic E-state index is 0.321. The topological polar surface area (TPSA) is 57.0 Å². The Balaban J connectivity index is 2.34. The summed E-state index contributed by atoms with van der Waals surface area (Å²) in [6.45, 7) is 7.93. The molecule has 1 aromatic carbocycles. The maximum absolute atomic E-state index is 14.0. The van der Waals surface area contributed by atoms with Gasteiger partial charge in [-0.15, -0.1) is 16.8 Å². The minimum Gasteiger partial charge on any atom is -0.465 e. The summed E-state index contributed by atoms with van der Waals surface area (Å²) >= 11 is 1.22. The van der Waals surface area contributed by atoms with Crippen molar-refractivity contribution in [2.24, 2.45) is 0 Å². The number of rotatable bonds is 7. The van der Waals surface area contributed by atoms with Crippen molar-refractivity contribution in [3.05, 3.63) is 42.7 Å². The first-order chi connectivity index (χ1) is 11.1. The quantitative estimate of drug-likeness (QED) is 0.441. The van der Waals surface area contributed by atoms with Crippen LogP contribution in [0, 0.1) is 5.82 Å². The largest absolute Gasteiger partial charge is 0.465 e. The number of hydrogen-bond acceptors (Lipinski definition) is 5. The van der Waals surface area contributed by atoms with Crippen molar-refractivity contribution in [1.82, 2.24) is 14.8 Å². The molecule has 1 atom stereocenters. The van der Waals surface area contributed by atoms with E-state index in [0.29, 0.717) is 29.7 Å². The second kappa shape index (κ2) is 7.92. The van der Waals surface area contributed by atoms with E-state index in [4.69, 9.17) is 4.74 Å². The molecule has 7 heteroatoms. The lowest BCUT2D eigenvalue weighted by atomic mass is 10.2. The molecule has 5 nitrogen and oxygen atoms in total. The van der Waals surface area contributed by atoms with Crippen LogP contribution >= 0.6 is 11.8 Å². The zero-order chi connectivity index (χ0) is 16.8. The Hall–Kier alpha value is -2.15. The molecule has 0 N–H and O–H groups in total. The molecule has 122 valence electrons. The van der Waals surface area contributed by atoms with Gasteiger partial charge in [-0.2, -0.15) is 0 Å². The first-order valence-corrected chi connectivity index (χ1v) is 8.08. The van der Waals surface area contributed by atoms with Gasteiger partial charge >= 0.3 is 5.97 Å². The molecule has 0 aliphatic carbocycles. The Kier molecular flexibility index (Phi) is 5.92. The molecule has 0 spiro atoms. The molecule has 0 amide bonds. The highest BCUT2D eigenvalue weighted by Crippen LogP contribution is 2.28. The minimum atomic E-state index is -0.434. The zero-order valence-corrected chi connectivity index (χ0v) is 13.8. The normalized spacial score (nSPS) is 12.0. The average molecular weight is 335 g/mol. The molecule has 0 bridgehead atoms. The van der Waals surface area contributed by atoms with Crippen molar-refractivity contribution < 1.29 is 13.9 Å². The van der Waals surface area contributed by atoms with E-state index in [1.807, 2.05) is 0 Å². The van der Waals surface area contributed by atoms with Crippen LogP contribution in [0.15, 0.2) is 42.1 Å². The van der Waals surface area contributed by atoms with Crippen molar-refractivity contribution in [1.29, 1.82) is 0 Å². The highest BCUT2D eigenvalue weighted by atomic mass is 32.2. The number of halogens is 1. The summed E-state index contributed by atoms with van der Waals surface area (Å²) in [5, 5.41) is 8.25. The van der Waals surface area contributed by atoms with E-state index in [9.17, 15) is 9.18 Å². The van der Waals surface area contributed by atoms with Gasteiger partial charge in [-0.3, -0.25) is 9.36 Å². The van der Waals surface area contributed by atoms with Crippen LogP contribution in [0.2, 0.25) is 0 Å². The first kappa shape index (κ1) is 17.2. The van der Waals surface area contributed by atoms with E-state index in [1.165, 1.54) is 17.8 Å². The van der Waals surface area contributed by atoms with E-state index < -0.39 is 5.25 Å². The van der Waals surface area contributed by atoms with Crippen LogP contribution in [0.5, 0.6) is 0 Å². The van der Waals surface area contributed by atoms with Crippen LogP contribution in [0.1, 0.15) is 13.8 Å². The van der Waals surface area contributed by atoms with Crippen LogP contribution in [0.4, 0.5) is 4.39 Å². The van der Waals surface area contributed by atoms with Crippen molar-refractivity contribution in [2.45, 2.75) is 30.8 Å². The van der Waals surface area contributed by atoms with Gasteiger partial charge in [-0.25, -0.2) is 4.39 Å². The molecule has 0 saturated heterocycles. The average Bonchev–Trinajstić information content (AvgIpc) is 2.91. The van der Waals surface area contributed by atoms with Crippen LogP contribution in [-0.2, 0) is 16.1 Å².